The molecule has 1 aliphatic heterocycles. The Morgan fingerprint density at radius 1 is 1.15 bits per heavy atom. The quantitative estimate of drug-likeness (QED) is 0.888. The molecule has 1 saturated heterocycles. The maximum absolute atomic E-state index is 12.5. The van der Waals surface area contributed by atoms with Crippen LogP contribution in [0.5, 0.6) is 0 Å². The lowest BCUT2D eigenvalue weighted by Gasteiger charge is -2.32. The summed E-state index contributed by atoms with van der Waals surface area (Å²) in [6.45, 7) is 0.710. The van der Waals surface area contributed by atoms with Gasteiger partial charge in [0, 0.05) is 24.7 Å². The molecule has 3 heterocycles. The maximum Gasteiger partial charge on any atom is 0.319 e. The second kappa shape index (κ2) is 7.83. The average molecular weight is 352 g/mol. The van der Waals surface area contributed by atoms with Gasteiger partial charge in [0.1, 0.15) is 6.10 Å². The first-order valence-corrected chi connectivity index (χ1v) is 9.36. The standard InChI is InChI=1S/C20H24N4O2/c25-20(23-16-12-15-4-1-2-5-17(15)22-13-16)24-18-6-3-11-26-19(18)14-7-9-21-10-8-14/h7-10,12-13,18-19H,1-6,11H2,(H2,23,24,25)/t18-,19+/m0/s1. The summed E-state index contributed by atoms with van der Waals surface area (Å²) < 4.78 is 5.92. The number of hydrogen-bond acceptors (Lipinski definition) is 4. The van der Waals surface area contributed by atoms with Crippen molar-refractivity contribution < 1.29 is 9.53 Å². The third-order valence-electron chi connectivity index (χ3n) is 5.10. The smallest absolute Gasteiger partial charge is 0.319 e. The van der Waals surface area contributed by atoms with Gasteiger partial charge in [-0.2, -0.15) is 0 Å². The number of nitrogens with one attached hydrogen (secondary N) is 2. The van der Waals surface area contributed by atoms with Gasteiger partial charge in [-0.15, -0.1) is 0 Å². The highest BCUT2D eigenvalue weighted by Gasteiger charge is 2.28. The summed E-state index contributed by atoms with van der Waals surface area (Å²) in [7, 11) is 0. The van der Waals surface area contributed by atoms with Gasteiger partial charge in [-0.05, 0) is 67.9 Å². The van der Waals surface area contributed by atoms with Crippen LogP contribution in [0, 0.1) is 0 Å². The number of carbonyl (C=O) groups is 1. The minimum Gasteiger partial charge on any atom is -0.371 e. The van der Waals surface area contributed by atoms with Gasteiger partial charge in [-0.3, -0.25) is 9.97 Å². The lowest BCUT2D eigenvalue weighted by molar-refractivity contribution is -0.00701. The van der Waals surface area contributed by atoms with Gasteiger partial charge in [-0.1, -0.05) is 0 Å². The fraction of sp³-hybridized carbons (Fsp3) is 0.450. The molecule has 0 radical (unpaired) electrons. The molecule has 2 aromatic rings. The molecule has 2 aliphatic rings. The van der Waals surface area contributed by atoms with E-state index in [9.17, 15) is 4.79 Å². The number of amides is 2. The normalized spacial score (nSPS) is 22.3. The molecular weight excluding hydrogens is 328 g/mol. The molecule has 0 bridgehead atoms. The molecule has 0 unspecified atom stereocenters. The minimum absolute atomic E-state index is 0.0586. The van der Waals surface area contributed by atoms with Gasteiger partial charge in [0.25, 0.3) is 0 Å². The predicted molar refractivity (Wildman–Crippen MR) is 99.0 cm³/mol. The van der Waals surface area contributed by atoms with Crippen molar-refractivity contribution in [2.45, 2.75) is 50.7 Å². The number of fused-ring (bicyclic) bond motifs is 1. The van der Waals surface area contributed by atoms with E-state index in [1.54, 1.807) is 18.6 Å². The third-order valence-corrected chi connectivity index (χ3v) is 5.10. The lowest BCUT2D eigenvalue weighted by atomic mass is 9.96. The van der Waals surface area contributed by atoms with Crippen LogP contribution in [-0.2, 0) is 17.6 Å². The molecule has 6 heteroatoms. The highest BCUT2D eigenvalue weighted by molar-refractivity contribution is 5.89. The second-order valence-corrected chi connectivity index (χ2v) is 6.96. The fourth-order valence-corrected chi connectivity index (χ4v) is 3.80. The summed E-state index contributed by atoms with van der Waals surface area (Å²) in [4.78, 5) is 21.1. The molecule has 2 amide bonds. The van der Waals surface area contributed by atoms with Crippen molar-refractivity contribution in [2.75, 3.05) is 11.9 Å². The zero-order chi connectivity index (χ0) is 17.8. The molecule has 26 heavy (non-hydrogen) atoms. The van der Waals surface area contributed by atoms with E-state index in [4.69, 9.17) is 4.74 Å². The lowest BCUT2D eigenvalue weighted by Crippen LogP contribution is -2.44. The number of pyridine rings is 2. The summed E-state index contributed by atoms with van der Waals surface area (Å²) in [6.07, 6.45) is 11.4. The van der Waals surface area contributed by atoms with Crippen LogP contribution in [0.2, 0.25) is 0 Å². The Hall–Kier alpha value is -2.47. The molecular formula is C20H24N4O2. The number of anilines is 1. The number of ether oxygens (including phenoxy) is 1. The number of carbonyl (C=O) groups excluding carboxylic acids is 1. The average Bonchev–Trinajstić information content (AvgIpc) is 2.69. The molecule has 2 N–H and O–H groups in total. The van der Waals surface area contributed by atoms with Crippen molar-refractivity contribution in [3.63, 3.8) is 0 Å². The first-order valence-electron chi connectivity index (χ1n) is 9.36. The summed E-state index contributed by atoms with van der Waals surface area (Å²) in [5.41, 5.74) is 4.21. The Kier molecular flexibility index (Phi) is 5.11. The second-order valence-electron chi connectivity index (χ2n) is 6.96. The number of aromatic nitrogens is 2. The van der Waals surface area contributed by atoms with Gasteiger partial charge in [0.05, 0.1) is 17.9 Å². The Labute approximate surface area is 153 Å². The van der Waals surface area contributed by atoms with Crippen LogP contribution in [0.4, 0.5) is 10.5 Å². The van der Waals surface area contributed by atoms with Crippen molar-refractivity contribution in [3.05, 3.63) is 53.6 Å². The summed E-state index contributed by atoms with van der Waals surface area (Å²) >= 11 is 0. The van der Waals surface area contributed by atoms with Crippen molar-refractivity contribution in [1.82, 2.24) is 15.3 Å². The van der Waals surface area contributed by atoms with Crippen LogP contribution in [0.15, 0.2) is 36.8 Å². The van der Waals surface area contributed by atoms with Crippen LogP contribution in [0.3, 0.4) is 0 Å². The highest BCUT2D eigenvalue weighted by Crippen LogP contribution is 2.28. The van der Waals surface area contributed by atoms with E-state index in [1.807, 2.05) is 12.1 Å². The van der Waals surface area contributed by atoms with Crippen LogP contribution in [-0.4, -0.2) is 28.6 Å². The molecule has 1 aliphatic carbocycles. The van der Waals surface area contributed by atoms with Crippen molar-refractivity contribution in [3.8, 4) is 0 Å². The minimum atomic E-state index is -0.211. The van der Waals surface area contributed by atoms with E-state index in [1.165, 1.54) is 24.1 Å². The number of nitrogens with zero attached hydrogens (tertiary/aromatic N) is 2. The van der Waals surface area contributed by atoms with Crippen molar-refractivity contribution >= 4 is 11.7 Å². The molecule has 4 rings (SSSR count). The Balaban J connectivity index is 1.42. The van der Waals surface area contributed by atoms with Gasteiger partial charge in [0.15, 0.2) is 0 Å². The van der Waals surface area contributed by atoms with E-state index >= 15 is 0 Å². The topological polar surface area (TPSA) is 76.1 Å². The van der Waals surface area contributed by atoms with E-state index in [0.717, 1.165) is 36.9 Å². The van der Waals surface area contributed by atoms with Gasteiger partial charge < -0.3 is 15.4 Å². The zero-order valence-electron chi connectivity index (χ0n) is 14.8. The molecule has 2 atom stereocenters. The van der Waals surface area contributed by atoms with Gasteiger partial charge in [0.2, 0.25) is 0 Å². The molecule has 1 fully saturated rings. The van der Waals surface area contributed by atoms with Crippen molar-refractivity contribution in [1.29, 1.82) is 0 Å². The van der Waals surface area contributed by atoms with E-state index < -0.39 is 0 Å². The molecule has 0 spiro atoms. The van der Waals surface area contributed by atoms with E-state index in [-0.39, 0.29) is 18.2 Å². The first kappa shape index (κ1) is 17.0. The zero-order valence-corrected chi connectivity index (χ0v) is 14.8. The van der Waals surface area contributed by atoms with Gasteiger partial charge >= 0.3 is 6.03 Å². The maximum atomic E-state index is 12.5. The molecule has 0 aromatic carbocycles. The number of urea groups is 1. The molecule has 2 aromatic heterocycles. The van der Waals surface area contributed by atoms with Crippen LogP contribution in [0.25, 0.3) is 0 Å². The Morgan fingerprint density at radius 3 is 2.88 bits per heavy atom. The van der Waals surface area contributed by atoms with Crippen molar-refractivity contribution in [2.24, 2.45) is 0 Å². The highest BCUT2D eigenvalue weighted by atomic mass is 16.5. The number of hydrogen-bond donors (Lipinski definition) is 2. The summed E-state index contributed by atoms with van der Waals surface area (Å²) in [6, 6.07) is 5.67. The van der Waals surface area contributed by atoms with Crippen LogP contribution in [0.1, 0.15) is 48.6 Å². The van der Waals surface area contributed by atoms with E-state index in [0.29, 0.717) is 6.61 Å². The SMILES string of the molecule is O=C(Nc1cnc2c(c1)CCCC2)N[C@H]1CCCO[C@@H]1c1ccncc1. The first-order chi connectivity index (χ1) is 12.8. The molecule has 6 nitrogen and oxygen atoms in total. The van der Waals surface area contributed by atoms with E-state index in [2.05, 4.69) is 26.7 Å². The molecule has 0 saturated carbocycles. The summed E-state index contributed by atoms with van der Waals surface area (Å²) in [5.74, 6) is 0. The monoisotopic (exact) mass is 352 g/mol. The van der Waals surface area contributed by atoms with Crippen LogP contribution >= 0.6 is 0 Å². The summed E-state index contributed by atoms with van der Waals surface area (Å²) in [5, 5.41) is 6.00. The Morgan fingerprint density at radius 2 is 2.00 bits per heavy atom. The number of rotatable bonds is 3. The third kappa shape index (κ3) is 3.85. The van der Waals surface area contributed by atoms with Crippen LogP contribution < -0.4 is 10.6 Å². The molecule has 136 valence electrons. The van der Waals surface area contributed by atoms with Gasteiger partial charge in [-0.25, -0.2) is 4.79 Å². The Bertz CT molecular complexity index is 766. The predicted octanol–water partition coefficient (Wildman–Crippen LogP) is 3.40. The fourth-order valence-electron chi connectivity index (χ4n) is 3.80. The largest absolute Gasteiger partial charge is 0.371 e. The number of aryl methyl sites for hydroxylation is 2.